The zero-order valence-electron chi connectivity index (χ0n) is 12.4. The maximum absolute atomic E-state index is 12.4. The zero-order chi connectivity index (χ0) is 17.1. The summed E-state index contributed by atoms with van der Waals surface area (Å²) in [6.07, 6.45) is -3.89. The van der Waals surface area contributed by atoms with Gasteiger partial charge in [-0.1, -0.05) is 11.3 Å². The van der Waals surface area contributed by atoms with E-state index >= 15 is 0 Å². The Morgan fingerprint density at radius 3 is 2.36 bits per heavy atom. The Hall–Kier alpha value is -1.84. The number of ether oxygens (including phenoxy) is 1. The molecule has 0 aliphatic heterocycles. The van der Waals surface area contributed by atoms with E-state index in [1.54, 1.807) is 20.8 Å². The van der Waals surface area contributed by atoms with Crippen molar-refractivity contribution in [3.05, 3.63) is 11.1 Å². The van der Waals surface area contributed by atoms with Crippen LogP contribution in [0.4, 0.5) is 23.1 Å². The number of amides is 2. The van der Waals surface area contributed by atoms with E-state index in [-0.39, 0.29) is 16.5 Å². The molecule has 0 saturated carbocycles. The summed E-state index contributed by atoms with van der Waals surface area (Å²) in [6, 6.07) is -1.80. The number of hydrogen-bond acceptors (Lipinski definition) is 5. The molecule has 1 atom stereocenters. The quantitative estimate of drug-likeness (QED) is 0.830. The topological polar surface area (TPSA) is 80.3 Å². The molecule has 0 aliphatic rings. The van der Waals surface area contributed by atoms with Crippen molar-refractivity contribution in [3.8, 4) is 0 Å². The van der Waals surface area contributed by atoms with Crippen molar-refractivity contribution in [1.29, 1.82) is 0 Å². The van der Waals surface area contributed by atoms with Gasteiger partial charge in [-0.3, -0.25) is 5.32 Å². The van der Waals surface area contributed by atoms with Crippen molar-refractivity contribution in [2.75, 3.05) is 5.32 Å². The van der Waals surface area contributed by atoms with E-state index in [9.17, 15) is 22.8 Å². The van der Waals surface area contributed by atoms with Gasteiger partial charge in [0.15, 0.2) is 5.13 Å². The second-order valence-electron chi connectivity index (χ2n) is 5.38. The smallest absolute Gasteiger partial charge is 0.427 e. The van der Waals surface area contributed by atoms with Crippen LogP contribution in [0.2, 0.25) is 0 Å². The van der Waals surface area contributed by atoms with Crippen LogP contribution in [-0.4, -0.2) is 28.6 Å². The van der Waals surface area contributed by atoms with Crippen molar-refractivity contribution in [1.82, 2.24) is 10.3 Å². The number of rotatable bonds is 3. The number of nitrogens with zero attached hydrogens (tertiary/aromatic N) is 1. The molecule has 124 valence electrons. The number of carbonyl (C=O) groups excluding carboxylic acids is 2. The number of urea groups is 1. The Bertz CT molecular complexity index is 552. The molecule has 10 heteroatoms. The first-order valence-electron chi connectivity index (χ1n) is 6.22. The van der Waals surface area contributed by atoms with E-state index in [0.717, 1.165) is 0 Å². The van der Waals surface area contributed by atoms with Gasteiger partial charge in [-0.05, 0) is 27.7 Å². The average Bonchev–Trinajstić information content (AvgIpc) is 2.74. The van der Waals surface area contributed by atoms with E-state index in [2.05, 4.69) is 15.6 Å². The fourth-order valence-electron chi connectivity index (χ4n) is 1.24. The maximum atomic E-state index is 12.4. The Morgan fingerprint density at radius 1 is 1.32 bits per heavy atom. The molecule has 22 heavy (non-hydrogen) atoms. The lowest BCUT2D eigenvalue weighted by molar-refractivity contribution is -0.156. The molecule has 1 rings (SSSR count). The average molecular weight is 339 g/mol. The van der Waals surface area contributed by atoms with Gasteiger partial charge in [0.05, 0.1) is 6.20 Å². The molecule has 6 nitrogen and oxygen atoms in total. The van der Waals surface area contributed by atoms with Crippen LogP contribution < -0.4 is 10.6 Å². The second-order valence-corrected chi connectivity index (χ2v) is 6.41. The predicted molar refractivity (Wildman–Crippen MR) is 74.6 cm³/mol. The van der Waals surface area contributed by atoms with E-state index < -0.39 is 34.7 Å². The SMILES string of the molecule is C[C@@H](NC(=O)Nc1ncc(C(F)(F)F)s1)C(=O)OC(C)(C)C. The first-order valence-corrected chi connectivity index (χ1v) is 7.03. The van der Waals surface area contributed by atoms with Crippen molar-refractivity contribution in [2.45, 2.75) is 45.5 Å². The minimum Gasteiger partial charge on any atom is -0.458 e. The fraction of sp³-hybridized carbons (Fsp3) is 0.583. The number of thiazole rings is 1. The largest absolute Gasteiger partial charge is 0.458 e. The second kappa shape index (κ2) is 6.51. The van der Waals surface area contributed by atoms with Gasteiger partial charge < -0.3 is 10.1 Å². The Labute approximate surface area is 129 Å². The Kier molecular flexibility index (Phi) is 5.39. The van der Waals surface area contributed by atoms with Crippen molar-refractivity contribution >= 4 is 28.5 Å². The summed E-state index contributed by atoms with van der Waals surface area (Å²) in [4.78, 5) is 25.8. The van der Waals surface area contributed by atoms with E-state index in [0.29, 0.717) is 6.20 Å². The molecule has 0 fully saturated rings. The molecule has 1 aromatic heterocycles. The summed E-state index contributed by atoms with van der Waals surface area (Å²) in [5.74, 6) is -0.655. The van der Waals surface area contributed by atoms with Crippen LogP contribution in [0.1, 0.15) is 32.6 Å². The molecule has 0 unspecified atom stereocenters. The molecule has 0 spiro atoms. The minimum absolute atomic E-state index is 0.221. The van der Waals surface area contributed by atoms with Gasteiger partial charge in [-0.25, -0.2) is 14.6 Å². The van der Waals surface area contributed by atoms with Crippen LogP contribution in [0.5, 0.6) is 0 Å². The predicted octanol–water partition coefficient (Wildman–Crippen LogP) is 3.01. The third kappa shape index (κ3) is 5.88. The third-order valence-corrected chi connectivity index (χ3v) is 3.07. The highest BCUT2D eigenvalue weighted by molar-refractivity contribution is 7.15. The lowest BCUT2D eigenvalue weighted by Gasteiger charge is -2.22. The Morgan fingerprint density at radius 2 is 1.91 bits per heavy atom. The van der Waals surface area contributed by atoms with Gasteiger partial charge in [-0.2, -0.15) is 13.2 Å². The monoisotopic (exact) mass is 339 g/mol. The van der Waals surface area contributed by atoms with E-state index in [1.165, 1.54) is 6.92 Å². The number of aromatic nitrogens is 1. The molecule has 0 radical (unpaired) electrons. The third-order valence-electron chi connectivity index (χ3n) is 2.11. The van der Waals surface area contributed by atoms with Crippen LogP contribution >= 0.6 is 11.3 Å². The van der Waals surface area contributed by atoms with Crippen LogP contribution in [0.3, 0.4) is 0 Å². The molecule has 2 N–H and O–H groups in total. The molecule has 0 aromatic carbocycles. The zero-order valence-corrected chi connectivity index (χ0v) is 13.2. The highest BCUT2D eigenvalue weighted by Crippen LogP contribution is 2.34. The normalized spacial score (nSPS) is 13.4. The van der Waals surface area contributed by atoms with Crippen molar-refractivity contribution in [3.63, 3.8) is 0 Å². The van der Waals surface area contributed by atoms with Gasteiger partial charge in [-0.15, -0.1) is 0 Å². The first kappa shape index (κ1) is 18.2. The van der Waals surface area contributed by atoms with Crippen LogP contribution in [0.15, 0.2) is 6.20 Å². The fourth-order valence-corrected chi connectivity index (χ4v) is 1.92. The number of alkyl halides is 3. The van der Waals surface area contributed by atoms with Crippen LogP contribution in [-0.2, 0) is 15.7 Å². The summed E-state index contributed by atoms with van der Waals surface area (Å²) in [7, 11) is 0. The van der Waals surface area contributed by atoms with Gasteiger partial charge in [0, 0.05) is 0 Å². The van der Waals surface area contributed by atoms with Crippen molar-refractivity contribution in [2.24, 2.45) is 0 Å². The highest BCUT2D eigenvalue weighted by Gasteiger charge is 2.33. The standard InChI is InChI=1S/C12H16F3N3O3S/c1-6(8(19)21-11(2,3)4)17-9(20)18-10-16-5-7(22-10)12(13,14)15/h5-6H,1-4H3,(H2,16,17,18,20)/t6-/m1/s1. The lowest BCUT2D eigenvalue weighted by Crippen LogP contribution is -2.43. The highest BCUT2D eigenvalue weighted by atomic mass is 32.1. The number of anilines is 1. The minimum atomic E-state index is -4.52. The maximum Gasteiger partial charge on any atom is 0.427 e. The molecule has 1 aromatic rings. The summed E-state index contributed by atoms with van der Waals surface area (Å²) in [5.41, 5.74) is -0.708. The number of esters is 1. The molecule has 1 heterocycles. The Balaban J connectivity index is 2.56. The van der Waals surface area contributed by atoms with Gasteiger partial charge in [0.25, 0.3) is 0 Å². The lowest BCUT2D eigenvalue weighted by atomic mass is 10.2. The molecule has 0 bridgehead atoms. The number of nitrogens with one attached hydrogen (secondary N) is 2. The molecular formula is C12H16F3N3O3S. The summed E-state index contributed by atoms with van der Waals surface area (Å²) >= 11 is 0.289. The van der Waals surface area contributed by atoms with E-state index in [4.69, 9.17) is 4.74 Å². The first-order chi connectivity index (χ1) is 9.88. The van der Waals surface area contributed by atoms with E-state index in [1.807, 2.05) is 0 Å². The van der Waals surface area contributed by atoms with Crippen LogP contribution in [0.25, 0.3) is 0 Å². The van der Waals surface area contributed by atoms with Gasteiger partial charge >= 0.3 is 18.2 Å². The molecular weight excluding hydrogens is 323 g/mol. The summed E-state index contributed by atoms with van der Waals surface area (Å²) in [5, 5.41) is 4.17. The van der Waals surface area contributed by atoms with Crippen molar-refractivity contribution < 1.29 is 27.5 Å². The number of carbonyl (C=O) groups is 2. The molecule has 0 saturated heterocycles. The van der Waals surface area contributed by atoms with Crippen LogP contribution in [0, 0.1) is 0 Å². The summed E-state index contributed by atoms with van der Waals surface area (Å²) in [6.45, 7) is 6.42. The van der Waals surface area contributed by atoms with Gasteiger partial charge in [0.2, 0.25) is 0 Å². The number of halogens is 3. The molecule has 2 amide bonds. The summed E-state index contributed by atoms with van der Waals surface area (Å²) < 4.78 is 42.2. The molecule has 0 aliphatic carbocycles. The number of hydrogen-bond donors (Lipinski definition) is 2. The van der Waals surface area contributed by atoms with Gasteiger partial charge in [0.1, 0.15) is 16.5 Å².